The lowest BCUT2D eigenvalue weighted by molar-refractivity contribution is 0.186. The first-order valence-electron chi connectivity index (χ1n) is 6.49. The molecule has 0 radical (unpaired) electrons. The van der Waals surface area contributed by atoms with Crippen molar-refractivity contribution >= 4 is 10.0 Å². The molecule has 7 heteroatoms. The summed E-state index contributed by atoms with van der Waals surface area (Å²) >= 11 is 0. The Morgan fingerprint density at radius 3 is 2.90 bits per heavy atom. The van der Waals surface area contributed by atoms with Crippen LogP contribution in [-0.2, 0) is 14.8 Å². The van der Waals surface area contributed by atoms with Gasteiger partial charge in [-0.05, 0) is 30.5 Å². The summed E-state index contributed by atoms with van der Waals surface area (Å²) in [5.74, 6) is 4.14. The molecule has 0 amide bonds. The molecule has 0 aromatic heterocycles. The van der Waals surface area contributed by atoms with Crippen molar-refractivity contribution in [2.45, 2.75) is 11.3 Å². The molecule has 1 atom stereocenters. The van der Waals surface area contributed by atoms with Crippen molar-refractivity contribution in [2.75, 3.05) is 26.4 Å². The number of nitrogens with one attached hydrogen (secondary N) is 1. The zero-order chi connectivity index (χ0) is 15.3. The van der Waals surface area contributed by atoms with E-state index in [-0.39, 0.29) is 29.5 Å². The average molecular weight is 313 g/mol. The topological polar surface area (TPSA) is 75.6 Å². The molecule has 1 heterocycles. The molecule has 1 aromatic rings. The first kappa shape index (κ1) is 15.9. The number of hydrogen-bond donors (Lipinski definition) is 2. The lowest BCUT2D eigenvalue weighted by Crippen LogP contribution is -2.29. The van der Waals surface area contributed by atoms with Crippen LogP contribution in [0.4, 0.5) is 4.39 Å². The summed E-state index contributed by atoms with van der Waals surface area (Å²) in [6.07, 6.45) is 0.812. The highest BCUT2D eigenvalue weighted by molar-refractivity contribution is 7.89. The van der Waals surface area contributed by atoms with E-state index in [1.165, 1.54) is 12.1 Å². The third-order valence-corrected chi connectivity index (χ3v) is 4.56. The quantitative estimate of drug-likeness (QED) is 0.793. The van der Waals surface area contributed by atoms with Gasteiger partial charge in [0.25, 0.3) is 0 Å². The molecular weight excluding hydrogens is 297 g/mol. The molecule has 0 saturated carbocycles. The Morgan fingerprint density at radius 2 is 2.29 bits per heavy atom. The van der Waals surface area contributed by atoms with E-state index in [9.17, 15) is 12.8 Å². The van der Waals surface area contributed by atoms with Crippen LogP contribution in [0, 0.1) is 23.6 Å². The molecule has 2 rings (SSSR count). The van der Waals surface area contributed by atoms with Crippen LogP contribution in [0.3, 0.4) is 0 Å². The number of hydrogen-bond acceptors (Lipinski definition) is 4. The predicted molar refractivity (Wildman–Crippen MR) is 74.5 cm³/mol. The van der Waals surface area contributed by atoms with Gasteiger partial charge in [0.1, 0.15) is 12.4 Å². The number of ether oxygens (including phenoxy) is 1. The average Bonchev–Trinajstić information content (AvgIpc) is 2.97. The fraction of sp³-hybridized carbons (Fsp3) is 0.429. The summed E-state index contributed by atoms with van der Waals surface area (Å²) in [5, 5.41) is 8.56. The predicted octanol–water partition coefficient (Wildman–Crippen LogP) is 0.484. The maximum atomic E-state index is 13.7. The summed E-state index contributed by atoms with van der Waals surface area (Å²) in [5.41, 5.74) is 0.0483. The maximum Gasteiger partial charge on any atom is 0.240 e. The summed E-state index contributed by atoms with van der Waals surface area (Å²) in [4.78, 5) is -0.145. The largest absolute Gasteiger partial charge is 0.384 e. The van der Waals surface area contributed by atoms with Crippen LogP contribution in [0.15, 0.2) is 23.1 Å². The maximum absolute atomic E-state index is 13.7. The Hall–Kier alpha value is -1.46. The minimum Gasteiger partial charge on any atom is -0.384 e. The van der Waals surface area contributed by atoms with E-state index < -0.39 is 15.8 Å². The van der Waals surface area contributed by atoms with Gasteiger partial charge in [0.15, 0.2) is 0 Å². The van der Waals surface area contributed by atoms with Gasteiger partial charge in [-0.25, -0.2) is 17.5 Å². The zero-order valence-corrected chi connectivity index (χ0v) is 12.1. The Bertz CT molecular complexity index is 657. The van der Waals surface area contributed by atoms with Gasteiger partial charge >= 0.3 is 0 Å². The van der Waals surface area contributed by atoms with E-state index in [0.29, 0.717) is 13.2 Å². The van der Waals surface area contributed by atoms with Gasteiger partial charge in [-0.15, -0.1) is 0 Å². The van der Waals surface area contributed by atoms with E-state index in [1.54, 1.807) is 0 Å². The standard InChI is InChI=1S/C14H16FNO4S/c15-14-8-13(4-3-12(14)2-1-6-17)21(18,19)16-9-11-5-7-20-10-11/h3-4,8,11,16-17H,5-7,9-10H2. The third-order valence-electron chi connectivity index (χ3n) is 3.14. The molecule has 1 aromatic carbocycles. The summed E-state index contributed by atoms with van der Waals surface area (Å²) in [6.45, 7) is 1.06. The van der Waals surface area contributed by atoms with Crippen LogP contribution in [-0.4, -0.2) is 39.9 Å². The highest BCUT2D eigenvalue weighted by Crippen LogP contribution is 2.16. The lowest BCUT2D eigenvalue weighted by atomic mass is 10.1. The van der Waals surface area contributed by atoms with Crippen molar-refractivity contribution in [3.05, 3.63) is 29.6 Å². The Morgan fingerprint density at radius 1 is 1.48 bits per heavy atom. The van der Waals surface area contributed by atoms with Crippen molar-refractivity contribution in [1.29, 1.82) is 0 Å². The fourth-order valence-electron chi connectivity index (χ4n) is 1.95. The van der Waals surface area contributed by atoms with Crippen molar-refractivity contribution < 1.29 is 22.7 Å². The second-order valence-corrected chi connectivity index (χ2v) is 6.45. The zero-order valence-electron chi connectivity index (χ0n) is 11.3. The minimum atomic E-state index is -3.75. The number of sulfonamides is 1. The molecule has 1 aliphatic heterocycles. The molecule has 0 aliphatic carbocycles. The van der Waals surface area contributed by atoms with E-state index in [4.69, 9.17) is 9.84 Å². The Kier molecular flexibility index (Phi) is 5.31. The Balaban J connectivity index is 2.10. The van der Waals surface area contributed by atoms with Crippen molar-refractivity contribution in [2.24, 2.45) is 5.92 Å². The van der Waals surface area contributed by atoms with Crippen LogP contribution in [0.2, 0.25) is 0 Å². The molecule has 5 nitrogen and oxygen atoms in total. The van der Waals surface area contributed by atoms with Crippen molar-refractivity contribution in [1.82, 2.24) is 4.72 Å². The molecule has 0 bridgehead atoms. The van der Waals surface area contributed by atoms with Gasteiger partial charge in [-0.3, -0.25) is 0 Å². The van der Waals surface area contributed by atoms with Crippen molar-refractivity contribution in [3.8, 4) is 11.8 Å². The fourth-order valence-corrected chi connectivity index (χ4v) is 3.08. The van der Waals surface area contributed by atoms with Crippen LogP contribution < -0.4 is 4.72 Å². The molecule has 1 aliphatic rings. The molecule has 2 N–H and O–H groups in total. The lowest BCUT2D eigenvalue weighted by Gasteiger charge is -2.10. The van der Waals surface area contributed by atoms with E-state index in [2.05, 4.69) is 16.6 Å². The van der Waals surface area contributed by atoms with Gasteiger partial charge in [-0.1, -0.05) is 11.8 Å². The third kappa shape index (κ3) is 4.25. The molecule has 0 spiro atoms. The SMILES string of the molecule is O=S(=O)(NCC1CCOC1)c1ccc(C#CCO)c(F)c1. The number of halogens is 1. The van der Waals surface area contributed by atoms with E-state index in [1.807, 2.05) is 0 Å². The van der Waals surface area contributed by atoms with Crippen LogP contribution in [0.1, 0.15) is 12.0 Å². The highest BCUT2D eigenvalue weighted by atomic mass is 32.2. The van der Waals surface area contributed by atoms with Gasteiger partial charge in [-0.2, -0.15) is 0 Å². The summed E-state index contributed by atoms with van der Waals surface area (Å²) < 4.78 is 45.5. The first-order chi connectivity index (χ1) is 10.0. The van der Waals surface area contributed by atoms with Gasteiger partial charge in [0.2, 0.25) is 10.0 Å². The molecule has 1 unspecified atom stereocenters. The molecule has 114 valence electrons. The smallest absolute Gasteiger partial charge is 0.240 e. The number of benzene rings is 1. The number of aliphatic hydroxyl groups excluding tert-OH is 1. The molecule has 1 fully saturated rings. The van der Waals surface area contributed by atoms with Crippen molar-refractivity contribution in [3.63, 3.8) is 0 Å². The second kappa shape index (κ2) is 7.00. The van der Waals surface area contributed by atoms with E-state index in [0.717, 1.165) is 12.5 Å². The molecular formula is C14H16FNO4S. The minimum absolute atomic E-state index is 0.0483. The van der Waals surface area contributed by atoms with E-state index >= 15 is 0 Å². The number of aliphatic hydroxyl groups is 1. The summed E-state index contributed by atoms with van der Waals surface area (Å²) in [7, 11) is -3.75. The Labute approximate surface area is 123 Å². The van der Waals surface area contributed by atoms with Gasteiger partial charge < -0.3 is 9.84 Å². The summed E-state index contributed by atoms with van der Waals surface area (Å²) in [6, 6.07) is 3.50. The van der Waals surface area contributed by atoms with Crippen LogP contribution in [0.5, 0.6) is 0 Å². The second-order valence-electron chi connectivity index (χ2n) is 4.68. The molecule has 21 heavy (non-hydrogen) atoms. The highest BCUT2D eigenvalue weighted by Gasteiger charge is 2.20. The van der Waals surface area contributed by atoms with Crippen LogP contribution in [0.25, 0.3) is 0 Å². The van der Waals surface area contributed by atoms with Gasteiger partial charge in [0, 0.05) is 13.2 Å². The first-order valence-corrected chi connectivity index (χ1v) is 7.98. The normalized spacial score (nSPS) is 18.3. The van der Waals surface area contributed by atoms with Gasteiger partial charge in [0.05, 0.1) is 17.1 Å². The number of rotatable bonds is 4. The molecule has 1 saturated heterocycles. The van der Waals surface area contributed by atoms with Crippen LogP contribution >= 0.6 is 0 Å². The monoisotopic (exact) mass is 313 g/mol.